The number of rotatable bonds is 5. The fourth-order valence-corrected chi connectivity index (χ4v) is 3.17. The molecule has 1 heterocycles. The predicted octanol–water partition coefficient (Wildman–Crippen LogP) is 0.893. The van der Waals surface area contributed by atoms with E-state index >= 15 is 0 Å². The molecule has 0 bridgehead atoms. The van der Waals surface area contributed by atoms with Crippen LogP contribution in [0.25, 0.3) is 0 Å². The topological polar surface area (TPSA) is 65.4 Å². The van der Waals surface area contributed by atoms with Gasteiger partial charge in [-0.3, -0.25) is 4.79 Å². The summed E-state index contributed by atoms with van der Waals surface area (Å²) in [5.41, 5.74) is -0.482. The molecule has 0 atom stereocenters. The Morgan fingerprint density at radius 1 is 1.47 bits per heavy atom. The lowest BCUT2D eigenvalue weighted by Crippen LogP contribution is -2.28. The monoisotopic (exact) mass is 371 g/mol. The molecule has 1 rings (SSSR count). The van der Waals surface area contributed by atoms with E-state index in [4.69, 9.17) is 4.74 Å². The average molecular weight is 371 g/mol. The summed E-state index contributed by atoms with van der Waals surface area (Å²) in [7, 11) is -1.95. The van der Waals surface area contributed by atoms with Crippen LogP contribution in [0.3, 0.4) is 0 Å². The van der Waals surface area contributed by atoms with Crippen molar-refractivity contribution in [1.82, 2.24) is 4.57 Å². The molecule has 0 amide bonds. The fourth-order valence-electron chi connectivity index (χ4n) is 1.31. The largest absolute Gasteiger partial charge is 0.383 e. The van der Waals surface area contributed by atoms with E-state index in [0.717, 1.165) is 0 Å². The summed E-state index contributed by atoms with van der Waals surface area (Å²) >= 11 is 1.99. The predicted molar refractivity (Wildman–Crippen MR) is 73.0 cm³/mol. The maximum atomic E-state index is 12.0. The minimum atomic E-state index is -3.48. The Morgan fingerprint density at radius 3 is 2.65 bits per heavy atom. The van der Waals surface area contributed by atoms with Crippen molar-refractivity contribution in [3.05, 3.63) is 26.2 Å². The van der Waals surface area contributed by atoms with Crippen LogP contribution in [-0.4, -0.2) is 32.5 Å². The van der Waals surface area contributed by atoms with Crippen molar-refractivity contribution in [3.8, 4) is 0 Å². The molecule has 0 aromatic carbocycles. The standard InChI is InChI=1S/C10H14INO4S/c1-3-17(14,15)9-6-8(11)7-12(10(9)13)4-5-16-2/h6-7H,3-5H2,1-2H3. The van der Waals surface area contributed by atoms with Crippen LogP contribution in [0.5, 0.6) is 0 Å². The van der Waals surface area contributed by atoms with Gasteiger partial charge in [0.25, 0.3) is 5.56 Å². The van der Waals surface area contributed by atoms with E-state index in [9.17, 15) is 13.2 Å². The third-order valence-corrected chi connectivity index (χ3v) is 4.58. The SMILES string of the molecule is CCS(=O)(=O)c1cc(I)cn(CCOC)c1=O. The average Bonchev–Trinajstić information content (AvgIpc) is 2.29. The molecule has 0 aliphatic heterocycles. The zero-order valence-electron chi connectivity index (χ0n) is 9.64. The third-order valence-electron chi connectivity index (χ3n) is 2.27. The summed E-state index contributed by atoms with van der Waals surface area (Å²) in [5.74, 6) is -0.0768. The van der Waals surface area contributed by atoms with E-state index in [2.05, 4.69) is 0 Å². The number of ether oxygens (including phenoxy) is 1. The molecule has 0 spiro atoms. The minimum absolute atomic E-state index is 0.0768. The van der Waals surface area contributed by atoms with Gasteiger partial charge >= 0.3 is 0 Å². The molecule has 0 radical (unpaired) electrons. The summed E-state index contributed by atoms with van der Waals surface area (Å²) in [6.07, 6.45) is 1.62. The first-order valence-corrected chi connectivity index (χ1v) is 7.77. The van der Waals surface area contributed by atoms with Gasteiger partial charge in [0.05, 0.1) is 12.4 Å². The van der Waals surface area contributed by atoms with Crippen LogP contribution in [0.1, 0.15) is 6.92 Å². The highest BCUT2D eigenvalue weighted by Crippen LogP contribution is 2.10. The molecule has 7 heteroatoms. The first-order valence-electron chi connectivity index (χ1n) is 5.04. The molecule has 0 N–H and O–H groups in total. The highest BCUT2D eigenvalue weighted by Gasteiger charge is 2.18. The Hall–Kier alpha value is -0.410. The number of aromatic nitrogens is 1. The zero-order chi connectivity index (χ0) is 13.1. The Labute approximate surface area is 114 Å². The van der Waals surface area contributed by atoms with Crippen molar-refractivity contribution < 1.29 is 13.2 Å². The summed E-state index contributed by atoms with van der Waals surface area (Å²) in [6, 6.07) is 1.41. The maximum absolute atomic E-state index is 12.0. The van der Waals surface area contributed by atoms with Crippen molar-refractivity contribution in [2.24, 2.45) is 0 Å². The quantitative estimate of drug-likeness (QED) is 0.722. The molecule has 0 aliphatic carbocycles. The van der Waals surface area contributed by atoms with E-state index in [1.807, 2.05) is 22.6 Å². The van der Waals surface area contributed by atoms with Gasteiger partial charge in [-0.05, 0) is 28.7 Å². The van der Waals surface area contributed by atoms with Gasteiger partial charge in [0.1, 0.15) is 4.90 Å². The molecule has 1 aromatic heterocycles. The number of methoxy groups -OCH3 is 1. The van der Waals surface area contributed by atoms with E-state index in [1.54, 1.807) is 6.20 Å². The first-order chi connectivity index (χ1) is 7.92. The number of hydrogen-bond donors (Lipinski definition) is 0. The normalized spacial score (nSPS) is 11.7. The molecule has 17 heavy (non-hydrogen) atoms. The van der Waals surface area contributed by atoms with Crippen LogP contribution in [0.15, 0.2) is 22.0 Å². The summed E-state index contributed by atoms with van der Waals surface area (Å²) in [6.45, 7) is 2.23. The van der Waals surface area contributed by atoms with Gasteiger partial charge in [-0.25, -0.2) is 8.42 Å². The van der Waals surface area contributed by atoms with Crippen molar-refractivity contribution in [1.29, 1.82) is 0 Å². The zero-order valence-corrected chi connectivity index (χ0v) is 12.6. The van der Waals surface area contributed by atoms with Gasteiger partial charge in [0.2, 0.25) is 0 Å². The molecule has 96 valence electrons. The number of pyridine rings is 1. The van der Waals surface area contributed by atoms with E-state index in [0.29, 0.717) is 16.7 Å². The Bertz CT molecular complexity index is 550. The van der Waals surface area contributed by atoms with Gasteiger partial charge in [-0.15, -0.1) is 0 Å². The smallest absolute Gasteiger partial charge is 0.269 e. The van der Waals surface area contributed by atoms with Gasteiger partial charge in [-0.1, -0.05) is 6.92 Å². The molecular weight excluding hydrogens is 357 g/mol. The van der Waals surface area contributed by atoms with Gasteiger partial charge in [0.15, 0.2) is 9.84 Å². The Balaban J connectivity index is 3.34. The van der Waals surface area contributed by atoms with Crippen molar-refractivity contribution >= 4 is 32.4 Å². The van der Waals surface area contributed by atoms with Gasteiger partial charge in [-0.2, -0.15) is 0 Å². The number of nitrogens with zero attached hydrogens (tertiary/aromatic N) is 1. The fraction of sp³-hybridized carbons (Fsp3) is 0.500. The lowest BCUT2D eigenvalue weighted by molar-refractivity contribution is 0.186. The summed E-state index contributed by atoms with van der Waals surface area (Å²) in [5, 5.41) is 0. The highest BCUT2D eigenvalue weighted by atomic mass is 127. The summed E-state index contributed by atoms with van der Waals surface area (Å²) < 4.78 is 30.5. The van der Waals surface area contributed by atoms with Crippen LogP contribution in [0.2, 0.25) is 0 Å². The highest BCUT2D eigenvalue weighted by molar-refractivity contribution is 14.1. The number of sulfone groups is 1. The number of hydrogen-bond acceptors (Lipinski definition) is 4. The second kappa shape index (κ2) is 5.96. The minimum Gasteiger partial charge on any atom is -0.383 e. The maximum Gasteiger partial charge on any atom is 0.269 e. The van der Waals surface area contributed by atoms with E-state index in [1.165, 1.54) is 24.7 Å². The molecule has 0 fully saturated rings. The molecule has 0 saturated heterocycles. The van der Waals surface area contributed by atoms with Crippen LogP contribution < -0.4 is 5.56 Å². The van der Waals surface area contributed by atoms with Crippen molar-refractivity contribution in [2.45, 2.75) is 18.4 Å². The van der Waals surface area contributed by atoms with Gasteiger partial charge in [0, 0.05) is 23.4 Å². The second-order valence-corrected chi connectivity index (χ2v) is 6.91. The van der Waals surface area contributed by atoms with Crippen molar-refractivity contribution in [3.63, 3.8) is 0 Å². The molecule has 0 saturated carbocycles. The van der Waals surface area contributed by atoms with Gasteiger partial charge < -0.3 is 9.30 Å². The molecule has 0 unspecified atom stereocenters. The molecular formula is C10H14INO4S. The lowest BCUT2D eigenvalue weighted by atomic mass is 10.4. The van der Waals surface area contributed by atoms with E-state index < -0.39 is 15.4 Å². The molecule has 5 nitrogen and oxygen atoms in total. The Kier molecular flexibility index (Phi) is 5.14. The van der Waals surface area contributed by atoms with E-state index in [-0.39, 0.29) is 10.6 Å². The first kappa shape index (κ1) is 14.7. The second-order valence-electron chi connectivity index (χ2n) is 3.42. The van der Waals surface area contributed by atoms with Crippen LogP contribution in [0.4, 0.5) is 0 Å². The molecule has 1 aromatic rings. The van der Waals surface area contributed by atoms with Crippen LogP contribution in [0, 0.1) is 3.57 Å². The lowest BCUT2D eigenvalue weighted by Gasteiger charge is -2.08. The Morgan fingerprint density at radius 2 is 2.12 bits per heavy atom. The summed E-state index contributed by atoms with van der Waals surface area (Å²) in [4.78, 5) is 11.8. The van der Waals surface area contributed by atoms with Crippen molar-refractivity contribution in [2.75, 3.05) is 19.5 Å². The van der Waals surface area contributed by atoms with Crippen LogP contribution >= 0.6 is 22.6 Å². The number of halogens is 1. The third kappa shape index (κ3) is 3.52. The van der Waals surface area contributed by atoms with Crippen LogP contribution in [-0.2, 0) is 21.1 Å². The molecule has 0 aliphatic rings.